The van der Waals surface area contributed by atoms with Crippen molar-refractivity contribution < 1.29 is 0 Å². The van der Waals surface area contributed by atoms with Gasteiger partial charge in [0.05, 0.1) is 0 Å². The van der Waals surface area contributed by atoms with Crippen molar-refractivity contribution in [3.63, 3.8) is 0 Å². The first-order valence-corrected chi connectivity index (χ1v) is 4.81. The maximum atomic E-state index is 5.93. The second-order valence-corrected chi connectivity index (χ2v) is 3.35. The lowest BCUT2D eigenvalue weighted by Crippen LogP contribution is -2.22. The molecule has 14 heavy (non-hydrogen) atoms. The van der Waals surface area contributed by atoms with Crippen molar-refractivity contribution in [2.45, 2.75) is 20.2 Å². The maximum absolute atomic E-state index is 5.93. The largest absolute Gasteiger partial charge is 0.256 e. The van der Waals surface area contributed by atoms with Gasteiger partial charge in [-0.15, -0.1) is 10.2 Å². The molecule has 2 aromatic rings. The summed E-state index contributed by atoms with van der Waals surface area (Å²) in [6.45, 7) is 3.99. The van der Waals surface area contributed by atoms with E-state index in [-0.39, 0.29) is 0 Å². The molecule has 6 heteroatoms. The number of nitrogens with zero attached hydrogens (tertiary/aromatic N) is 4. The van der Waals surface area contributed by atoms with Gasteiger partial charge in [-0.25, -0.2) is 4.98 Å². The predicted octanol–water partition coefficient (Wildman–Crippen LogP) is 0.854. The van der Waals surface area contributed by atoms with Crippen molar-refractivity contribution in [1.82, 2.24) is 19.6 Å². The molecule has 1 radical (unpaired) electrons. The van der Waals surface area contributed by atoms with Crippen LogP contribution >= 0.6 is 11.6 Å². The summed E-state index contributed by atoms with van der Waals surface area (Å²) in [5.74, 6) is 0. The number of aryl methyl sites for hydroxylation is 1. The third kappa shape index (κ3) is 1.37. The van der Waals surface area contributed by atoms with Crippen LogP contribution in [0.2, 0.25) is 11.6 Å². The first-order valence-electron chi connectivity index (χ1n) is 4.43. The van der Waals surface area contributed by atoms with Gasteiger partial charge in [0.25, 0.3) is 0 Å². The van der Waals surface area contributed by atoms with Gasteiger partial charge in [0.1, 0.15) is 6.33 Å². The number of fused-ring (bicyclic) bond motifs is 1. The predicted molar refractivity (Wildman–Crippen MR) is 56.4 cm³/mol. The van der Waals surface area contributed by atoms with Crippen molar-refractivity contribution in [3.8, 4) is 0 Å². The zero-order valence-electron chi connectivity index (χ0n) is 8.03. The van der Waals surface area contributed by atoms with Gasteiger partial charge in [-0.05, 0) is 24.0 Å². The molecule has 0 aliphatic carbocycles. The minimum Gasteiger partial charge on any atom is -0.256 e. The summed E-state index contributed by atoms with van der Waals surface area (Å²) < 4.78 is 1.68. The zero-order chi connectivity index (χ0) is 10.1. The highest BCUT2D eigenvalue weighted by atomic mass is 35.5. The lowest BCUT2D eigenvalue weighted by Gasteiger charge is -2.05. The van der Waals surface area contributed by atoms with Gasteiger partial charge in [0.15, 0.2) is 12.9 Å². The maximum Gasteiger partial charge on any atom is 0.209 e. The van der Waals surface area contributed by atoms with Crippen LogP contribution in [0.1, 0.15) is 12.6 Å². The van der Waals surface area contributed by atoms with E-state index in [1.807, 2.05) is 6.92 Å². The SMILES string of the molecule is CC[B]c1c(C)nc(Cl)n2cnnc12. The molecular formula is C8H9BClN4. The molecule has 0 unspecified atom stereocenters. The summed E-state index contributed by atoms with van der Waals surface area (Å²) in [7, 11) is 2.07. The Labute approximate surface area is 87.6 Å². The standard InChI is InChI=1S/C8H9BClN4/c1-3-9-6-5(2)12-8(10)14-4-11-13-7(6)14/h4H,3H2,1-2H3. The number of halogens is 1. The van der Waals surface area contributed by atoms with E-state index in [1.54, 1.807) is 10.7 Å². The van der Waals surface area contributed by atoms with E-state index in [2.05, 4.69) is 29.4 Å². The molecule has 0 fully saturated rings. The Morgan fingerprint density at radius 3 is 3.07 bits per heavy atom. The van der Waals surface area contributed by atoms with Crippen LogP contribution < -0.4 is 5.46 Å². The van der Waals surface area contributed by atoms with E-state index in [9.17, 15) is 0 Å². The Kier molecular flexibility index (Phi) is 2.41. The highest BCUT2D eigenvalue weighted by Crippen LogP contribution is 2.07. The van der Waals surface area contributed by atoms with Crippen LogP contribution in [-0.2, 0) is 0 Å². The zero-order valence-corrected chi connectivity index (χ0v) is 8.78. The fourth-order valence-electron chi connectivity index (χ4n) is 1.41. The lowest BCUT2D eigenvalue weighted by molar-refractivity contribution is 1.05. The van der Waals surface area contributed by atoms with E-state index in [4.69, 9.17) is 11.6 Å². The van der Waals surface area contributed by atoms with E-state index < -0.39 is 0 Å². The lowest BCUT2D eigenvalue weighted by atomic mass is 9.67. The molecule has 2 aromatic heterocycles. The average molecular weight is 207 g/mol. The highest BCUT2D eigenvalue weighted by molar-refractivity contribution is 6.56. The second-order valence-electron chi connectivity index (χ2n) is 3.02. The number of rotatable bonds is 2. The van der Waals surface area contributed by atoms with E-state index in [1.165, 1.54) is 0 Å². The van der Waals surface area contributed by atoms with E-state index in [0.29, 0.717) is 5.28 Å². The Bertz CT molecular complexity index is 468. The van der Waals surface area contributed by atoms with Gasteiger partial charge in [-0.3, -0.25) is 4.40 Å². The van der Waals surface area contributed by atoms with Crippen LogP contribution in [0.25, 0.3) is 5.65 Å². The number of aromatic nitrogens is 4. The molecule has 0 bridgehead atoms. The first kappa shape index (κ1) is 9.46. The molecule has 2 rings (SSSR count). The molecule has 0 atom stereocenters. The topological polar surface area (TPSA) is 43.1 Å². The Morgan fingerprint density at radius 1 is 1.57 bits per heavy atom. The summed E-state index contributed by atoms with van der Waals surface area (Å²) in [6, 6.07) is 0. The summed E-state index contributed by atoms with van der Waals surface area (Å²) in [5.41, 5.74) is 2.66. The van der Waals surface area contributed by atoms with Gasteiger partial charge in [0.2, 0.25) is 5.28 Å². The van der Waals surface area contributed by atoms with Crippen molar-refractivity contribution in [2.24, 2.45) is 0 Å². The molecular weight excluding hydrogens is 198 g/mol. The molecule has 4 nitrogen and oxygen atoms in total. The van der Waals surface area contributed by atoms with Gasteiger partial charge < -0.3 is 0 Å². The summed E-state index contributed by atoms with van der Waals surface area (Å²) >= 11 is 5.93. The normalized spacial score (nSPS) is 10.8. The average Bonchev–Trinajstić information content (AvgIpc) is 2.60. The molecule has 0 N–H and O–H groups in total. The monoisotopic (exact) mass is 207 g/mol. The fourth-order valence-corrected chi connectivity index (χ4v) is 1.66. The molecule has 0 saturated heterocycles. The van der Waals surface area contributed by atoms with Gasteiger partial charge in [-0.1, -0.05) is 13.2 Å². The highest BCUT2D eigenvalue weighted by Gasteiger charge is 2.11. The minimum absolute atomic E-state index is 0.399. The summed E-state index contributed by atoms with van der Waals surface area (Å²) in [5, 5.41) is 8.23. The number of hydrogen-bond acceptors (Lipinski definition) is 3. The molecule has 71 valence electrons. The quantitative estimate of drug-likeness (QED) is 0.542. The Hall–Kier alpha value is -1.10. The van der Waals surface area contributed by atoms with Crippen LogP contribution in [0.4, 0.5) is 0 Å². The van der Waals surface area contributed by atoms with E-state index in [0.717, 1.165) is 23.1 Å². The van der Waals surface area contributed by atoms with Crippen LogP contribution in [0.5, 0.6) is 0 Å². The van der Waals surface area contributed by atoms with Gasteiger partial charge in [0, 0.05) is 5.69 Å². The first-order chi connectivity index (χ1) is 6.74. The van der Waals surface area contributed by atoms with Crippen molar-refractivity contribution in [3.05, 3.63) is 17.3 Å². The molecule has 0 aliphatic heterocycles. The van der Waals surface area contributed by atoms with Gasteiger partial charge in [-0.2, -0.15) is 0 Å². The van der Waals surface area contributed by atoms with Crippen LogP contribution in [0, 0.1) is 6.92 Å². The Balaban J connectivity index is 2.73. The molecule has 0 aliphatic rings. The molecule has 0 aromatic carbocycles. The van der Waals surface area contributed by atoms with Crippen LogP contribution in [0.15, 0.2) is 6.33 Å². The van der Waals surface area contributed by atoms with E-state index >= 15 is 0 Å². The summed E-state index contributed by atoms with van der Waals surface area (Å²) in [4.78, 5) is 4.21. The fraction of sp³-hybridized carbons (Fsp3) is 0.375. The van der Waals surface area contributed by atoms with Gasteiger partial charge >= 0.3 is 0 Å². The number of hydrogen-bond donors (Lipinski definition) is 0. The summed E-state index contributed by atoms with van der Waals surface area (Å²) in [6.07, 6.45) is 2.50. The Morgan fingerprint density at radius 2 is 2.36 bits per heavy atom. The smallest absolute Gasteiger partial charge is 0.209 e. The second kappa shape index (κ2) is 3.57. The molecule has 0 saturated carbocycles. The van der Waals surface area contributed by atoms with Crippen LogP contribution in [0.3, 0.4) is 0 Å². The third-order valence-corrected chi connectivity index (χ3v) is 2.31. The van der Waals surface area contributed by atoms with Crippen LogP contribution in [-0.4, -0.2) is 26.9 Å². The van der Waals surface area contributed by atoms with Crippen molar-refractivity contribution in [2.75, 3.05) is 0 Å². The molecule has 2 heterocycles. The third-order valence-electron chi connectivity index (χ3n) is 2.05. The van der Waals surface area contributed by atoms with Crippen molar-refractivity contribution in [1.29, 1.82) is 0 Å². The minimum atomic E-state index is 0.399. The van der Waals surface area contributed by atoms with Crippen molar-refractivity contribution >= 4 is 30.0 Å². The molecule has 0 spiro atoms. The molecule has 0 amide bonds.